The first-order valence-corrected chi connectivity index (χ1v) is 7.19. The Balaban J connectivity index is 2.11. The standard InChI is InChI=1S/C14H21BrN2/c1-17(10-11-4-2-3-5-11)14-8-13(15)7-6-12(14)9-16/h6-8,11H,2-5,9-10,16H2,1H3. The summed E-state index contributed by atoms with van der Waals surface area (Å²) in [6.45, 7) is 1.76. The normalized spacial score (nSPS) is 16.4. The summed E-state index contributed by atoms with van der Waals surface area (Å²) < 4.78 is 1.13. The van der Waals surface area contributed by atoms with Gasteiger partial charge in [-0.15, -0.1) is 0 Å². The first kappa shape index (κ1) is 12.9. The van der Waals surface area contributed by atoms with Gasteiger partial charge in [-0.05, 0) is 36.5 Å². The maximum absolute atomic E-state index is 5.80. The van der Waals surface area contributed by atoms with E-state index < -0.39 is 0 Å². The maximum atomic E-state index is 5.80. The molecule has 0 aromatic heterocycles. The third-order valence-corrected chi connectivity index (χ3v) is 4.18. The van der Waals surface area contributed by atoms with Gasteiger partial charge >= 0.3 is 0 Å². The van der Waals surface area contributed by atoms with Crippen LogP contribution in [-0.4, -0.2) is 13.6 Å². The molecule has 2 rings (SSSR count). The molecule has 1 aromatic rings. The van der Waals surface area contributed by atoms with Crippen molar-refractivity contribution < 1.29 is 0 Å². The van der Waals surface area contributed by atoms with Gasteiger partial charge in [0.2, 0.25) is 0 Å². The Labute approximate surface area is 112 Å². The molecule has 1 saturated carbocycles. The van der Waals surface area contributed by atoms with Gasteiger partial charge in [-0.25, -0.2) is 0 Å². The van der Waals surface area contributed by atoms with Crippen LogP contribution in [-0.2, 0) is 6.54 Å². The van der Waals surface area contributed by atoms with Crippen molar-refractivity contribution in [2.75, 3.05) is 18.5 Å². The van der Waals surface area contributed by atoms with E-state index in [1.807, 2.05) is 0 Å². The lowest BCUT2D eigenvalue weighted by molar-refractivity contribution is 0.546. The Kier molecular flexibility index (Phi) is 4.46. The van der Waals surface area contributed by atoms with Crippen LogP contribution in [0.1, 0.15) is 31.2 Å². The van der Waals surface area contributed by atoms with Crippen LogP contribution in [0.5, 0.6) is 0 Å². The van der Waals surface area contributed by atoms with Gasteiger partial charge in [0.05, 0.1) is 0 Å². The second-order valence-electron chi connectivity index (χ2n) is 5.01. The van der Waals surface area contributed by atoms with Crippen LogP contribution >= 0.6 is 15.9 Å². The van der Waals surface area contributed by atoms with Crippen LogP contribution in [0.4, 0.5) is 5.69 Å². The summed E-state index contributed by atoms with van der Waals surface area (Å²) in [5.41, 5.74) is 8.31. The minimum Gasteiger partial charge on any atom is -0.374 e. The first-order chi connectivity index (χ1) is 8.20. The molecule has 0 spiro atoms. The zero-order valence-corrected chi connectivity index (χ0v) is 12.0. The molecule has 0 amide bonds. The smallest absolute Gasteiger partial charge is 0.0420 e. The van der Waals surface area contributed by atoms with Gasteiger partial charge in [-0.2, -0.15) is 0 Å². The summed E-state index contributed by atoms with van der Waals surface area (Å²) in [4.78, 5) is 2.36. The number of nitrogens with zero attached hydrogens (tertiary/aromatic N) is 1. The van der Waals surface area contributed by atoms with Crippen LogP contribution in [0, 0.1) is 5.92 Å². The number of hydrogen-bond donors (Lipinski definition) is 1. The van der Waals surface area contributed by atoms with Crippen LogP contribution in [0.25, 0.3) is 0 Å². The highest BCUT2D eigenvalue weighted by Crippen LogP contribution is 2.29. The molecule has 2 N–H and O–H groups in total. The number of benzene rings is 1. The molecule has 3 heteroatoms. The number of hydrogen-bond acceptors (Lipinski definition) is 2. The highest BCUT2D eigenvalue weighted by molar-refractivity contribution is 9.10. The number of nitrogens with two attached hydrogens (primary N) is 1. The van der Waals surface area contributed by atoms with E-state index in [1.165, 1.54) is 36.9 Å². The SMILES string of the molecule is CN(CC1CCCC1)c1cc(Br)ccc1CN. The van der Waals surface area contributed by atoms with E-state index in [0.717, 1.165) is 16.9 Å². The Morgan fingerprint density at radius 3 is 2.71 bits per heavy atom. The Bertz CT molecular complexity index is 372. The summed E-state index contributed by atoms with van der Waals surface area (Å²) in [5.74, 6) is 0.865. The second kappa shape index (κ2) is 5.87. The molecule has 2 nitrogen and oxygen atoms in total. The fraction of sp³-hybridized carbons (Fsp3) is 0.571. The summed E-state index contributed by atoms with van der Waals surface area (Å²) in [6, 6.07) is 6.36. The molecular formula is C14H21BrN2. The molecule has 1 fully saturated rings. The third kappa shape index (κ3) is 3.23. The van der Waals surface area contributed by atoms with Crippen molar-refractivity contribution in [2.45, 2.75) is 32.2 Å². The molecule has 0 saturated heterocycles. The van der Waals surface area contributed by atoms with E-state index in [9.17, 15) is 0 Å². The maximum Gasteiger partial charge on any atom is 0.0420 e. The Hall–Kier alpha value is -0.540. The monoisotopic (exact) mass is 296 g/mol. The number of halogens is 1. The van der Waals surface area contributed by atoms with Crippen molar-refractivity contribution in [1.82, 2.24) is 0 Å². The molecule has 1 aromatic carbocycles. The average molecular weight is 297 g/mol. The molecule has 1 aliphatic carbocycles. The van der Waals surface area contributed by atoms with Gasteiger partial charge in [0.1, 0.15) is 0 Å². The molecule has 94 valence electrons. The highest BCUT2D eigenvalue weighted by Gasteiger charge is 2.18. The van der Waals surface area contributed by atoms with Crippen molar-refractivity contribution in [3.63, 3.8) is 0 Å². The minimum atomic E-state index is 0.609. The van der Waals surface area contributed by atoms with E-state index in [0.29, 0.717) is 6.54 Å². The largest absolute Gasteiger partial charge is 0.374 e. The van der Waals surface area contributed by atoms with Gasteiger partial charge in [-0.3, -0.25) is 0 Å². The zero-order chi connectivity index (χ0) is 12.3. The van der Waals surface area contributed by atoms with E-state index in [2.05, 4.69) is 46.1 Å². The zero-order valence-electron chi connectivity index (χ0n) is 10.5. The highest BCUT2D eigenvalue weighted by atomic mass is 79.9. The summed E-state index contributed by atoms with van der Waals surface area (Å²) in [5, 5.41) is 0. The summed E-state index contributed by atoms with van der Waals surface area (Å²) >= 11 is 3.54. The van der Waals surface area contributed by atoms with E-state index >= 15 is 0 Å². The van der Waals surface area contributed by atoms with Gasteiger partial charge in [0.25, 0.3) is 0 Å². The van der Waals surface area contributed by atoms with Crippen molar-refractivity contribution in [2.24, 2.45) is 11.7 Å². The van der Waals surface area contributed by atoms with Crippen LogP contribution < -0.4 is 10.6 Å². The predicted molar refractivity (Wildman–Crippen MR) is 77.3 cm³/mol. The van der Waals surface area contributed by atoms with Crippen LogP contribution in [0.2, 0.25) is 0 Å². The quantitative estimate of drug-likeness (QED) is 0.921. The lowest BCUT2D eigenvalue weighted by atomic mass is 10.1. The van der Waals surface area contributed by atoms with E-state index in [-0.39, 0.29) is 0 Å². The van der Waals surface area contributed by atoms with E-state index in [1.54, 1.807) is 0 Å². The van der Waals surface area contributed by atoms with Crippen molar-refractivity contribution in [1.29, 1.82) is 0 Å². The fourth-order valence-corrected chi connectivity index (χ4v) is 3.09. The Morgan fingerprint density at radius 1 is 1.35 bits per heavy atom. The topological polar surface area (TPSA) is 29.3 Å². The van der Waals surface area contributed by atoms with E-state index in [4.69, 9.17) is 5.73 Å². The third-order valence-electron chi connectivity index (χ3n) is 3.69. The minimum absolute atomic E-state index is 0.609. The number of anilines is 1. The molecule has 17 heavy (non-hydrogen) atoms. The first-order valence-electron chi connectivity index (χ1n) is 6.40. The summed E-state index contributed by atoms with van der Waals surface area (Å²) in [6.07, 6.45) is 5.58. The molecule has 0 unspecified atom stereocenters. The molecule has 0 heterocycles. The number of rotatable bonds is 4. The molecule has 0 radical (unpaired) electrons. The van der Waals surface area contributed by atoms with Crippen LogP contribution in [0.15, 0.2) is 22.7 Å². The van der Waals surface area contributed by atoms with Gasteiger partial charge in [0, 0.05) is 30.3 Å². The molecule has 1 aliphatic rings. The lowest BCUT2D eigenvalue weighted by Crippen LogP contribution is -2.25. The lowest BCUT2D eigenvalue weighted by Gasteiger charge is -2.25. The van der Waals surface area contributed by atoms with Crippen molar-refractivity contribution in [3.05, 3.63) is 28.2 Å². The molecule has 0 atom stereocenters. The van der Waals surface area contributed by atoms with Gasteiger partial charge in [-0.1, -0.05) is 34.8 Å². The molecular weight excluding hydrogens is 276 g/mol. The van der Waals surface area contributed by atoms with Gasteiger partial charge in [0.15, 0.2) is 0 Å². The van der Waals surface area contributed by atoms with Gasteiger partial charge < -0.3 is 10.6 Å². The fourth-order valence-electron chi connectivity index (χ4n) is 2.74. The second-order valence-corrected chi connectivity index (χ2v) is 5.92. The molecule has 0 aliphatic heterocycles. The Morgan fingerprint density at radius 2 is 2.06 bits per heavy atom. The predicted octanol–water partition coefficient (Wildman–Crippen LogP) is 3.53. The van der Waals surface area contributed by atoms with Crippen LogP contribution in [0.3, 0.4) is 0 Å². The van der Waals surface area contributed by atoms with Crippen molar-refractivity contribution in [3.8, 4) is 0 Å². The average Bonchev–Trinajstić information content (AvgIpc) is 2.81. The molecule has 0 bridgehead atoms. The summed E-state index contributed by atoms with van der Waals surface area (Å²) in [7, 11) is 2.18. The van der Waals surface area contributed by atoms with Crippen molar-refractivity contribution >= 4 is 21.6 Å².